The van der Waals surface area contributed by atoms with Crippen LogP contribution in [0.1, 0.15) is 52.4 Å². The average Bonchev–Trinajstić information content (AvgIpc) is 2.29. The van der Waals surface area contributed by atoms with E-state index in [-0.39, 0.29) is 24.7 Å². The van der Waals surface area contributed by atoms with Gasteiger partial charge in [0.15, 0.2) is 0 Å². The first kappa shape index (κ1) is 14.8. The maximum atomic E-state index is 12.7. The topological polar surface area (TPSA) is 20.2 Å². The fourth-order valence-corrected chi connectivity index (χ4v) is 2.99. The van der Waals surface area contributed by atoms with E-state index in [1.54, 1.807) is 0 Å². The molecule has 3 atom stereocenters. The third-order valence-electron chi connectivity index (χ3n) is 4.19. The summed E-state index contributed by atoms with van der Waals surface area (Å²) < 4.78 is 38.0. The van der Waals surface area contributed by atoms with Crippen molar-refractivity contribution in [1.82, 2.24) is 0 Å². The zero-order valence-corrected chi connectivity index (χ0v) is 10.6. The number of aliphatic hydroxyl groups excluding tert-OH is 1. The Labute approximate surface area is 101 Å². The van der Waals surface area contributed by atoms with Crippen molar-refractivity contribution < 1.29 is 18.3 Å². The summed E-state index contributed by atoms with van der Waals surface area (Å²) in [5, 5.41) is 10.1. The highest BCUT2D eigenvalue weighted by Gasteiger charge is 2.43. The molecule has 0 saturated heterocycles. The molecule has 1 rings (SSSR count). The highest BCUT2D eigenvalue weighted by molar-refractivity contribution is 4.84. The molecule has 17 heavy (non-hydrogen) atoms. The van der Waals surface area contributed by atoms with Crippen LogP contribution in [0.2, 0.25) is 0 Å². The summed E-state index contributed by atoms with van der Waals surface area (Å²) in [6.07, 6.45) is -1.30. The minimum absolute atomic E-state index is 0.112. The molecule has 0 aromatic carbocycles. The monoisotopic (exact) mass is 252 g/mol. The maximum absolute atomic E-state index is 12.7. The molecule has 0 aliphatic heterocycles. The second kappa shape index (κ2) is 6.07. The molecular weight excluding hydrogens is 229 g/mol. The number of halogens is 3. The van der Waals surface area contributed by atoms with E-state index in [9.17, 15) is 18.3 Å². The number of hydrogen-bond donors (Lipinski definition) is 1. The summed E-state index contributed by atoms with van der Waals surface area (Å²) in [5.74, 6) is -1.22. The normalized spacial score (nSPS) is 28.4. The van der Waals surface area contributed by atoms with Crippen molar-refractivity contribution in [2.75, 3.05) is 0 Å². The summed E-state index contributed by atoms with van der Waals surface area (Å²) in [7, 11) is 0. The standard InChI is InChI=1S/C13H23F3O/c1-3-9(4-2)12(17)10-6-5-7-11(8-10)13(14,15)16/h9-12,17H,3-8H2,1-2H3. The van der Waals surface area contributed by atoms with Gasteiger partial charge in [0.25, 0.3) is 0 Å². The van der Waals surface area contributed by atoms with Crippen LogP contribution in [0.5, 0.6) is 0 Å². The van der Waals surface area contributed by atoms with Gasteiger partial charge in [0, 0.05) is 0 Å². The zero-order valence-electron chi connectivity index (χ0n) is 10.6. The smallest absolute Gasteiger partial charge is 0.391 e. The highest BCUT2D eigenvalue weighted by atomic mass is 19.4. The lowest BCUT2D eigenvalue weighted by Crippen LogP contribution is -2.36. The van der Waals surface area contributed by atoms with Gasteiger partial charge in [0.05, 0.1) is 12.0 Å². The van der Waals surface area contributed by atoms with Gasteiger partial charge in [0.2, 0.25) is 0 Å². The van der Waals surface area contributed by atoms with Crippen molar-refractivity contribution >= 4 is 0 Å². The number of hydrogen-bond acceptors (Lipinski definition) is 1. The van der Waals surface area contributed by atoms with Gasteiger partial charge in [-0.3, -0.25) is 0 Å². The predicted molar refractivity (Wildman–Crippen MR) is 61.6 cm³/mol. The Balaban J connectivity index is 2.60. The Bertz CT molecular complexity index is 223. The lowest BCUT2D eigenvalue weighted by molar-refractivity contribution is -0.189. The third-order valence-corrected chi connectivity index (χ3v) is 4.19. The number of alkyl halides is 3. The molecule has 3 unspecified atom stereocenters. The van der Waals surface area contributed by atoms with Crippen LogP contribution in [0, 0.1) is 17.8 Å². The van der Waals surface area contributed by atoms with E-state index >= 15 is 0 Å². The first-order valence-electron chi connectivity index (χ1n) is 6.64. The van der Waals surface area contributed by atoms with Gasteiger partial charge in [-0.2, -0.15) is 13.2 Å². The number of rotatable bonds is 4. The van der Waals surface area contributed by atoms with Gasteiger partial charge in [-0.1, -0.05) is 33.1 Å². The van der Waals surface area contributed by atoms with E-state index in [0.717, 1.165) is 19.3 Å². The lowest BCUT2D eigenvalue weighted by atomic mass is 9.74. The largest absolute Gasteiger partial charge is 0.393 e. The van der Waals surface area contributed by atoms with Crippen molar-refractivity contribution in [3.05, 3.63) is 0 Å². The van der Waals surface area contributed by atoms with Gasteiger partial charge >= 0.3 is 6.18 Å². The molecular formula is C13H23F3O. The number of aliphatic hydroxyl groups is 1. The molecule has 0 amide bonds. The van der Waals surface area contributed by atoms with Gasteiger partial charge in [-0.05, 0) is 31.1 Å². The van der Waals surface area contributed by atoms with E-state index in [1.165, 1.54) is 0 Å². The minimum Gasteiger partial charge on any atom is -0.393 e. The van der Waals surface area contributed by atoms with Crippen LogP contribution in [-0.4, -0.2) is 17.4 Å². The molecule has 0 bridgehead atoms. The molecule has 0 aromatic rings. The highest BCUT2D eigenvalue weighted by Crippen LogP contribution is 2.42. The molecule has 1 N–H and O–H groups in total. The van der Waals surface area contributed by atoms with Crippen molar-refractivity contribution in [2.45, 2.75) is 64.7 Å². The fourth-order valence-electron chi connectivity index (χ4n) is 2.99. The Hall–Kier alpha value is -0.250. The van der Waals surface area contributed by atoms with Gasteiger partial charge in [0.1, 0.15) is 0 Å². The average molecular weight is 252 g/mol. The molecule has 0 radical (unpaired) electrons. The van der Waals surface area contributed by atoms with Gasteiger partial charge in [-0.15, -0.1) is 0 Å². The predicted octanol–water partition coefficient (Wildman–Crippen LogP) is 4.15. The first-order chi connectivity index (χ1) is 7.90. The summed E-state index contributed by atoms with van der Waals surface area (Å²) in [6, 6.07) is 0. The second-order valence-electron chi connectivity index (χ2n) is 5.23. The van der Waals surface area contributed by atoms with Crippen molar-refractivity contribution in [2.24, 2.45) is 17.8 Å². The molecule has 0 spiro atoms. The summed E-state index contributed by atoms with van der Waals surface area (Å²) in [5.41, 5.74) is 0. The Morgan fingerprint density at radius 2 is 1.76 bits per heavy atom. The van der Waals surface area contributed by atoms with Gasteiger partial charge in [-0.25, -0.2) is 0 Å². The van der Waals surface area contributed by atoms with E-state index < -0.39 is 18.2 Å². The van der Waals surface area contributed by atoms with Crippen LogP contribution >= 0.6 is 0 Å². The van der Waals surface area contributed by atoms with E-state index in [0.29, 0.717) is 6.42 Å². The fraction of sp³-hybridized carbons (Fsp3) is 1.00. The van der Waals surface area contributed by atoms with Crippen LogP contribution in [0.3, 0.4) is 0 Å². The molecule has 1 fully saturated rings. The first-order valence-corrected chi connectivity index (χ1v) is 6.64. The molecule has 102 valence electrons. The Morgan fingerprint density at radius 3 is 2.24 bits per heavy atom. The molecule has 1 saturated carbocycles. The van der Waals surface area contributed by atoms with Crippen LogP contribution in [0.25, 0.3) is 0 Å². The molecule has 0 aromatic heterocycles. The van der Waals surface area contributed by atoms with Crippen molar-refractivity contribution in [3.63, 3.8) is 0 Å². The molecule has 4 heteroatoms. The third kappa shape index (κ3) is 3.87. The van der Waals surface area contributed by atoms with Crippen LogP contribution < -0.4 is 0 Å². The van der Waals surface area contributed by atoms with E-state index in [1.807, 2.05) is 13.8 Å². The quantitative estimate of drug-likeness (QED) is 0.796. The van der Waals surface area contributed by atoms with Crippen LogP contribution in [0.15, 0.2) is 0 Å². The van der Waals surface area contributed by atoms with Crippen molar-refractivity contribution in [3.8, 4) is 0 Å². The van der Waals surface area contributed by atoms with Crippen LogP contribution in [-0.2, 0) is 0 Å². The Kier molecular flexibility index (Phi) is 5.29. The zero-order chi connectivity index (χ0) is 13.1. The maximum Gasteiger partial charge on any atom is 0.391 e. The van der Waals surface area contributed by atoms with Crippen molar-refractivity contribution in [1.29, 1.82) is 0 Å². The molecule has 1 aliphatic rings. The minimum atomic E-state index is -4.09. The SMILES string of the molecule is CCC(CC)C(O)C1CCCC(C(F)(F)F)C1. The van der Waals surface area contributed by atoms with E-state index in [2.05, 4.69) is 0 Å². The molecule has 1 aliphatic carbocycles. The Morgan fingerprint density at radius 1 is 1.18 bits per heavy atom. The summed E-state index contributed by atoms with van der Waals surface area (Å²) in [4.78, 5) is 0. The molecule has 0 heterocycles. The van der Waals surface area contributed by atoms with E-state index in [4.69, 9.17) is 0 Å². The van der Waals surface area contributed by atoms with Gasteiger partial charge < -0.3 is 5.11 Å². The van der Waals surface area contributed by atoms with Crippen LogP contribution in [0.4, 0.5) is 13.2 Å². The summed E-state index contributed by atoms with van der Waals surface area (Å²) >= 11 is 0. The lowest BCUT2D eigenvalue weighted by Gasteiger charge is -2.36. The molecule has 1 nitrogen and oxygen atoms in total. The summed E-state index contributed by atoms with van der Waals surface area (Å²) in [6.45, 7) is 3.98. The second-order valence-corrected chi connectivity index (χ2v) is 5.23.